The van der Waals surface area contributed by atoms with Crippen LogP contribution in [0.5, 0.6) is 0 Å². The summed E-state index contributed by atoms with van der Waals surface area (Å²) in [5.74, 6) is 0.0268. The zero-order valence-electron chi connectivity index (χ0n) is 37.6. The van der Waals surface area contributed by atoms with Crippen LogP contribution in [-0.4, -0.2) is 75.4 Å². The van der Waals surface area contributed by atoms with Crippen LogP contribution in [0.3, 0.4) is 0 Å². The van der Waals surface area contributed by atoms with Gasteiger partial charge < -0.3 is 48.1 Å². The molecule has 1 heterocycles. The van der Waals surface area contributed by atoms with Crippen LogP contribution in [0.2, 0.25) is 0 Å². The summed E-state index contributed by atoms with van der Waals surface area (Å²) in [5.41, 5.74) is 32.5. The molecular weight excluding hydrogens is 805 g/mol. The second kappa shape index (κ2) is 23.3. The van der Waals surface area contributed by atoms with Gasteiger partial charge in [-0.3, -0.25) is 9.59 Å². The highest BCUT2D eigenvalue weighted by molar-refractivity contribution is 5.97. The topological polar surface area (TPSA) is 219 Å². The number of amides is 2. The molecule has 336 valence electrons. The van der Waals surface area contributed by atoms with Gasteiger partial charge in [0.05, 0.1) is 18.6 Å². The molecular formula is C49H63N12O3+. The Morgan fingerprint density at radius 1 is 0.828 bits per heavy atom. The number of anilines is 4. The number of nitrogens with two attached hydrogens (primary N) is 4. The van der Waals surface area contributed by atoms with Crippen LogP contribution in [0.15, 0.2) is 125 Å². The van der Waals surface area contributed by atoms with Crippen molar-refractivity contribution < 1.29 is 18.9 Å². The maximum Gasteiger partial charge on any atom is 0.239 e. The number of carbonyl (C=O) groups excluding carboxylic acids is 2. The van der Waals surface area contributed by atoms with E-state index in [2.05, 4.69) is 91.5 Å². The van der Waals surface area contributed by atoms with E-state index in [4.69, 9.17) is 32.7 Å². The average molecular weight is 868 g/mol. The number of nitrogen functional groups attached to an aromatic ring is 2. The predicted molar refractivity (Wildman–Crippen MR) is 261 cm³/mol. The number of carbonyl (C=O) groups is 2. The number of benzene rings is 5. The van der Waals surface area contributed by atoms with Gasteiger partial charge >= 0.3 is 0 Å². The molecule has 0 aliphatic carbocycles. The lowest BCUT2D eigenvalue weighted by atomic mass is 9.93. The Morgan fingerprint density at radius 3 is 2.14 bits per heavy atom. The molecule has 0 saturated heterocycles. The van der Waals surface area contributed by atoms with Crippen LogP contribution in [-0.2, 0) is 20.9 Å². The van der Waals surface area contributed by atoms with Crippen molar-refractivity contribution in [1.29, 1.82) is 0 Å². The van der Waals surface area contributed by atoms with Crippen molar-refractivity contribution in [3.8, 4) is 5.69 Å². The minimum atomic E-state index is -0.707. The number of amidine groups is 1. The Balaban J connectivity index is 0.000000256. The highest BCUT2D eigenvalue weighted by Gasteiger charge is 2.28. The van der Waals surface area contributed by atoms with Crippen LogP contribution < -0.4 is 47.9 Å². The number of fused-ring (bicyclic) bond motifs is 2. The minimum Gasteiger partial charge on any atom is -0.399 e. The van der Waals surface area contributed by atoms with Gasteiger partial charge in [0.1, 0.15) is 17.4 Å². The fourth-order valence-electron chi connectivity index (χ4n) is 6.91. The molecule has 0 radical (unpaired) electrons. The molecule has 15 heteroatoms. The molecule has 0 unspecified atom stereocenters. The second-order valence-electron chi connectivity index (χ2n) is 15.9. The van der Waals surface area contributed by atoms with Crippen molar-refractivity contribution in [2.45, 2.75) is 47.1 Å². The van der Waals surface area contributed by atoms with Crippen LogP contribution in [0.1, 0.15) is 51.7 Å². The van der Waals surface area contributed by atoms with Crippen LogP contribution >= 0.6 is 0 Å². The number of nitrogens with one attached hydrogen (secondary N) is 2. The Kier molecular flexibility index (Phi) is 17.4. The molecule has 15 nitrogen and oxygen atoms in total. The normalized spacial score (nSPS) is 11.6. The lowest BCUT2D eigenvalue weighted by molar-refractivity contribution is -0.538. The van der Waals surface area contributed by atoms with Crippen molar-refractivity contribution >= 4 is 68.8 Å². The van der Waals surface area contributed by atoms with Gasteiger partial charge in [-0.25, -0.2) is 4.98 Å². The molecule has 5 aromatic carbocycles. The third kappa shape index (κ3) is 13.4. The highest BCUT2D eigenvalue weighted by Crippen LogP contribution is 2.24. The minimum absolute atomic E-state index is 0.0824. The summed E-state index contributed by atoms with van der Waals surface area (Å²) in [7, 11) is 2.00. The quantitative estimate of drug-likeness (QED) is 0.0112. The van der Waals surface area contributed by atoms with E-state index in [1.807, 2.05) is 81.6 Å². The Bertz CT molecular complexity index is 2510. The zero-order chi connectivity index (χ0) is 46.1. The zero-order valence-corrected chi connectivity index (χ0v) is 37.6. The number of para-hydroxylation sites is 1. The smallest absolute Gasteiger partial charge is 0.239 e. The van der Waals surface area contributed by atoms with Crippen molar-refractivity contribution in [1.82, 2.24) is 15.6 Å². The Labute approximate surface area is 376 Å². The largest absolute Gasteiger partial charge is 0.399 e. The molecule has 0 aliphatic heterocycles. The first kappa shape index (κ1) is 47.8. The van der Waals surface area contributed by atoms with Gasteiger partial charge in [0, 0.05) is 98.8 Å². The SMILES string of the molecule is CCN(CC)c1ccc2nc3ccc(N)cc3[n+](-c3ccccc3)c2c1.CN(CCCNC(=O)C(C)(C)COCCC(=O)NCc1ccc(/C(N)=N/N=C\N)cc1)c1ccc(N)cc1. The first-order chi connectivity index (χ1) is 30.8. The lowest BCUT2D eigenvalue weighted by Crippen LogP contribution is -2.41. The molecule has 6 rings (SSSR count). The van der Waals surface area contributed by atoms with Crippen molar-refractivity contribution in [2.75, 3.05) is 67.7 Å². The van der Waals surface area contributed by atoms with E-state index in [0.717, 1.165) is 82.8 Å². The van der Waals surface area contributed by atoms with E-state index >= 15 is 0 Å². The summed E-state index contributed by atoms with van der Waals surface area (Å²) in [5, 5.41) is 13.1. The van der Waals surface area contributed by atoms with Crippen LogP contribution in [0.4, 0.5) is 22.7 Å². The second-order valence-corrected chi connectivity index (χ2v) is 15.9. The van der Waals surface area contributed by atoms with Gasteiger partial charge in [-0.05, 0) is 88.2 Å². The van der Waals surface area contributed by atoms with Gasteiger partial charge in [0.2, 0.25) is 28.5 Å². The number of rotatable bonds is 19. The fraction of sp³-hybridized carbons (Fsp3) is 0.306. The van der Waals surface area contributed by atoms with Crippen LogP contribution in [0.25, 0.3) is 27.8 Å². The van der Waals surface area contributed by atoms with E-state index in [9.17, 15) is 9.59 Å². The van der Waals surface area contributed by atoms with Crippen LogP contribution in [0, 0.1) is 5.41 Å². The summed E-state index contributed by atoms with van der Waals surface area (Å²) in [6, 6.07) is 37.7. The van der Waals surface area contributed by atoms with E-state index in [0.29, 0.717) is 18.7 Å². The molecule has 0 aliphatic rings. The fourth-order valence-corrected chi connectivity index (χ4v) is 6.91. The van der Waals surface area contributed by atoms with Crippen molar-refractivity contribution in [2.24, 2.45) is 27.1 Å². The molecule has 10 N–H and O–H groups in total. The Hall–Kier alpha value is -7.26. The summed E-state index contributed by atoms with van der Waals surface area (Å²) in [4.78, 5) is 34.1. The number of hydrogen-bond donors (Lipinski definition) is 6. The van der Waals surface area contributed by atoms with Crippen molar-refractivity contribution in [3.05, 3.63) is 126 Å². The summed E-state index contributed by atoms with van der Waals surface area (Å²) in [6.45, 7) is 12.1. The summed E-state index contributed by atoms with van der Waals surface area (Å²) >= 11 is 0. The van der Waals surface area contributed by atoms with E-state index in [1.165, 1.54) is 5.69 Å². The lowest BCUT2D eigenvalue weighted by Gasteiger charge is -2.24. The third-order valence-corrected chi connectivity index (χ3v) is 10.6. The van der Waals surface area contributed by atoms with Gasteiger partial charge in [0.15, 0.2) is 5.84 Å². The first-order valence-electron chi connectivity index (χ1n) is 21.5. The van der Waals surface area contributed by atoms with E-state index < -0.39 is 5.41 Å². The third-order valence-electron chi connectivity index (χ3n) is 10.6. The average Bonchev–Trinajstić information content (AvgIpc) is 3.30. The predicted octanol–water partition coefficient (Wildman–Crippen LogP) is 5.66. The molecule has 0 atom stereocenters. The van der Waals surface area contributed by atoms with Crippen molar-refractivity contribution in [3.63, 3.8) is 0 Å². The van der Waals surface area contributed by atoms with E-state index in [-0.39, 0.29) is 37.3 Å². The number of aromatic nitrogens is 2. The molecule has 64 heavy (non-hydrogen) atoms. The number of nitrogens with zero attached hydrogens (tertiary/aromatic N) is 6. The highest BCUT2D eigenvalue weighted by atomic mass is 16.5. The van der Waals surface area contributed by atoms with Gasteiger partial charge in [-0.1, -0.05) is 42.5 Å². The Morgan fingerprint density at radius 2 is 1.47 bits per heavy atom. The molecule has 0 bridgehead atoms. The number of ether oxygens (including phenoxy) is 1. The molecule has 0 fully saturated rings. The van der Waals surface area contributed by atoms with Gasteiger partial charge in [0.25, 0.3) is 0 Å². The van der Waals surface area contributed by atoms with E-state index in [1.54, 1.807) is 12.1 Å². The van der Waals surface area contributed by atoms with Gasteiger partial charge in [-0.2, -0.15) is 0 Å². The number of hydrogen-bond acceptors (Lipinski definition) is 10. The first-order valence-corrected chi connectivity index (χ1v) is 21.5. The molecule has 2 amide bonds. The maximum atomic E-state index is 12.6. The maximum absolute atomic E-state index is 12.6. The molecule has 1 aromatic heterocycles. The van der Waals surface area contributed by atoms with Gasteiger partial charge in [-0.15, -0.1) is 14.8 Å². The molecule has 6 aromatic rings. The molecule has 0 saturated carbocycles. The standard InChI is InChI=1S/C27H40N8O3.C22H22N4/c1-27(2,26(37)31-14-4-15-35(3)23-11-9-22(29)10-12-23)18-38-16-13-24(36)32-17-20-5-7-21(8-6-20)25(30)34-33-19-28;1-3-25(4-2)18-11-13-20-22(15-18)26(17-8-6-5-7-9-17)21-14-16(23)10-12-19(21)24-20/h5-12,19H,4,13-18,29H2,1-3H3,(H2,28,33)(H2,30,34)(H,31,37)(H,32,36);5-15,23H,3-4H2,1-2H3/p+1. The monoisotopic (exact) mass is 868 g/mol. The molecule has 0 spiro atoms. The summed E-state index contributed by atoms with van der Waals surface area (Å²) < 4.78 is 7.89. The summed E-state index contributed by atoms with van der Waals surface area (Å²) in [6.07, 6.45) is 2.06.